The van der Waals surface area contributed by atoms with Crippen LogP contribution in [0.15, 0.2) is 35.0 Å². The topological polar surface area (TPSA) is 15.3 Å². The summed E-state index contributed by atoms with van der Waals surface area (Å²) in [5.74, 6) is -0.127. The molecule has 0 unspecified atom stereocenters. The van der Waals surface area contributed by atoms with Gasteiger partial charge < -0.3 is 5.32 Å². The van der Waals surface area contributed by atoms with Crippen LogP contribution in [0.5, 0.6) is 0 Å². The highest BCUT2D eigenvalue weighted by Crippen LogP contribution is 2.31. The molecule has 20 heavy (non-hydrogen) atoms. The molecule has 0 bridgehead atoms. The van der Waals surface area contributed by atoms with Crippen molar-refractivity contribution in [3.63, 3.8) is 0 Å². The standard InChI is InChI=1S/C16H19FN2S/c1-12-10-13(2-3-15(12)17)16(14-4-9-20-11-14)19-7-5-18-6-8-19/h2-4,9-11,16,18H,5-8H2,1H3/t16-/m0/s1. The number of nitrogens with one attached hydrogen (secondary N) is 1. The first-order chi connectivity index (χ1) is 9.75. The Kier molecular flexibility index (Phi) is 4.15. The van der Waals surface area contributed by atoms with Crippen LogP contribution in [0, 0.1) is 12.7 Å². The van der Waals surface area contributed by atoms with E-state index in [1.54, 1.807) is 17.4 Å². The summed E-state index contributed by atoms with van der Waals surface area (Å²) in [6.07, 6.45) is 0. The van der Waals surface area contributed by atoms with Gasteiger partial charge in [-0.2, -0.15) is 11.3 Å². The fourth-order valence-corrected chi connectivity index (χ4v) is 3.50. The molecule has 2 heterocycles. The fourth-order valence-electron chi connectivity index (χ4n) is 2.82. The second-order valence-electron chi connectivity index (χ2n) is 5.25. The van der Waals surface area contributed by atoms with Crippen molar-refractivity contribution in [3.8, 4) is 0 Å². The Balaban J connectivity index is 1.98. The van der Waals surface area contributed by atoms with E-state index in [9.17, 15) is 4.39 Å². The molecule has 2 nitrogen and oxygen atoms in total. The second kappa shape index (κ2) is 6.04. The van der Waals surface area contributed by atoms with Crippen molar-refractivity contribution >= 4 is 11.3 Å². The molecule has 2 aromatic rings. The van der Waals surface area contributed by atoms with Gasteiger partial charge in [0.2, 0.25) is 0 Å². The summed E-state index contributed by atoms with van der Waals surface area (Å²) in [5.41, 5.74) is 3.21. The first-order valence-corrected chi connectivity index (χ1v) is 7.93. The van der Waals surface area contributed by atoms with Gasteiger partial charge in [-0.3, -0.25) is 4.90 Å². The monoisotopic (exact) mass is 290 g/mol. The van der Waals surface area contributed by atoms with Crippen LogP contribution in [-0.2, 0) is 0 Å². The Labute approximate surface area is 123 Å². The van der Waals surface area contributed by atoms with Crippen LogP contribution in [-0.4, -0.2) is 31.1 Å². The molecule has 1 aliphatic heterocycles. The van der Waals surface area contributed by atoms with Crippen LogP contribution in [0.2, 0.25) is 0 Å². The smallest absolute Gasteiger partial charge is 0.126 e. The van der Waals surface area contributed by atoms with Gasteiger partial charge in [0.15, 0.2) is 0 Å². The summed E-state index contributed by atoms with van der Waals surface area (Å²) < 4.78 is 13.5. The molecule has 1 saturated heterocycles. The summed E-state index contributed by atoms with van der Waals surface area (Å²) in [6.45, 7) is 5.91. The van der Waals surface area contributed by atoms with Gasteiger partial charge in [0.05, 0.1) is 6.04 Å². The normalized spacial score (nSPS) is 18.1. The molecule has 1 aromatic heterocycles. The molecule has 0 spiro atoms. The van der Waals surface area contributed by atoms with Crippen molar-refractivity contribution in [1.82, 2.24) is 10.2 Å². The maximum Gasteiger partial charge on any atom is 0.126 e. The highest BCUT2D eigenvalue weighted by atomic mass is 32.1. The second-order valence-corrected chi connectivity index (χ2v) is 6.03. The molecular weight excluding hydrogens is 271 g/mol. The van der Waals surface area contributed by atoms with E-state index in [2.05, 4.69) is 27.0 Å². The van der Waals surface area contributed by atoms with E-state index in [0.717, 1.165) is 31.7 Å². The Morgan fingerprint density at radius 2 is 2.00 bits per heavy atom. The predicted molar refractivity (Wildman–Crippen MR) is 81.7 cm³/mol. The first-order valence-electron chi connectivity index (χ1n) is 6.98. The minimum absolute atomic E-state index is 0.127. The molecule has 106 valence electrons. The van der Waals surface area contributed by atoms with Crippen molar-refractivity contribution in [2.24, 2.45) is 0 Å². The number of nitrogens with zero attached hydrogens (tertiary/aromatic N) is 1. The summed E-state index contributed by atoms with van der Waals surface area (Å²) in [6, 6.07) is 7.91. The minimum atomic E-state index is -0.127. The zero-order valence-corrected chi connectivity index (χ0v) is 12.4. The van der Waals surface area contributed by atoms with Crippen LogP contribution in [0.25, 0.3) is 0 Å². The molecule has 4 heteroatoms. The van der Waals surface area contributed by atoms with E-state index in [1.807, 2.05) is 19.1 Å². The maximum atomic E-state index is 13.5. The van der Waals surface area contributed by atoms with Gasteiger partial charge in [-0.25, -0.2) is 4.39 Å². The van der Waals surface area contributed by atoms with E-state index in [4.69, 9.17) is 0 Å². The Hall–Kier alpha value is -1.23. The van der Waals surface area contributed by atoms with Gasteiger partial charge in [-0.05, 0) is 46.5 Å². The van der Waals surface area contributed by atoms with Crippen molar-refractivity contribution in [2.45, 2.75) is 13.0 Å². The third kappa shape index (κ3) is 2.77. The molecule has 0 radical (unpaired) electrons. The van der Waals surface area contributed by atoms with Gasteiger partial charge in [-0.1, -0.05) is 12.1 Å². The Morgan fingerprint density at radius 1 is 1.20 bits per heavy atom. The van der Waals surface area contributed by atoms with E-state index < -0.39 is 0 Å². The fraction of sp³-hybridized carbons (Fsp3) is 0.375. The molecule has 1 fully saturated rings. The molecule has 1 N–H and O–H groups in total. The van der Waals surface area contributed by atoms with Gasteiger partial charge in [-0.15, -0.1) is 0 Å². The van der Waals surface area contributed by atoms with Gasteiger partial charge in [0.1, 0.15) is 5.82 Å². The zero-order chi connectivity index (χ0) is 13.9. The van der Waals surface area contributed by atoms with Crippen LogP contribution in [0.3, 0.4) is 0 Å². The van der Waals surface area contributed by atoms with E-state index in [1.165, 1.54) is 11.1 Å². The predicted octanol–water partition coefficient (Wildman–Crippen LogP) is 3.19. The largest absolute Gasteiger partial charge is 0.314 e. The summed E-state index contributed by atoms with van der Waals surface area (Å²) >= 11 is 1.72. The molecule has 3 rings (SSSR count). The number of thiophene rings is 1. The third-order valence-corrected chi connectivity index (χ3v) is 4.57. The molecule has 1 atom stereocenters. The highest BCUT2D eigenvalue weighted by molar-refractivity contribution is 7.08. The average molecular weight is 290 g/mol. The lowest BCUT2D eigenvalue weighted by Crippen LogP contribution is -2.45. The number of rotatable bonds is 3. The number of hydrogen-bond acceptors (Lipinski definition) is 3. The van der Waals surface area contributed by atoms with Crippen LogP contribution in [0.4, 0.5) is 4.39 Å². The molecule has 0 amide bonds. The van der Waals surface area contributed by atoms with Crippen molar-refractivity contribution in [3.05, 3.63) is 57.5 Å². The summed E-state index contributed by atoms with van der Waals surface area (Å²) in [5, 5.41) is 7.70. The summed E-state index contributed by atoms with van der Waals surface area (Å²) in [7, 11) is 0. The van der Waals surface area contributed by atoms with Crippen LogP contribution < -0.4 is 5.32 Å². The highest BCUT2D eigenvalue weighted by Gasteiger charge is 2.24. The van der Waals surface area contributed by atoms with Crippen LogP contribution >= 0.6 is 11.3 Å². The van der Waals surface area contributed by atoms with Crippen molar-refractivity contribution in [2.75, 3.05) is 26.2 Å². The van der Waals surface area contributed by atoms with Crippen molar-refractivity contribution < 1.29 is 4.39 Å². The van der Waals surface area contributed by atoms with E-state index >= 15 is 0 Å². The maximum absolute atomic E-state index is 13.5. The Bertz CT molecular complexity index is 562. The SMILES string of the molecule is Cc1cc([C@@H](c2ccsc2)N2CCNCC2)ccc1F. The van der Waals surface area contributed by atoms with Gasteiger partial charge >= 0.3 is 0 Å². The molecular formula is C16H19FN2S. The number of halogens is 1. The quantitative estimate of drug-likeness (QED) is 0.934. The number of hydrogen-bond donors (Lipinski definition) is 1. The van der Waals surface area contributed by atoms with E-state index in [0.29, 0.717) is 0 Å². The summed E-state index contributed by atoms with van der Waals surface area (Å²) in [4.78, 5) is 2.48. The van der Waals surface area contributed by atoms with Crippen LogP contribution in [0.1, 0.15) is 22.7 Å². The first kappa shape index (κ1) is 13.7. The lowest BCUT2D eigenvalue weighted by Gasteiger charge is -2.35. The number of aryl methyl sites for hydroxylation is 1. The molecule has 0 saturated carbocycles. The Morgan fingerprint density at radius 3 is 2.65 bits per heavy atom. The number of benzene rings is 1. The van der Waals surface area contributed by atoms with E-state index in [-0.39, 0.29) is 11.9 Å². The third-order valence-electron chi connectivity index (χ3n) is 3.87. The molecule has 1 aliphatic rings. The number of piperazine rings is 1. The van der Waals surface area contributed by atoms with Crippen molar-refractivity contribution in [1.29, 1.82) is 0 Å². The van der Waals surface area contributed by atoms with Gasteiger partial charge in [0.25, 0.3) is 0 Å². The molecule has 1 aromatic carbocycles. The van der Waals surface area contributed by atoms with Gasteiger partial charge in [0, 0.05) is 26.2 Å². The molecule has 0 aliphatic carbocycles. The lowest BCUT2D eigenvalue weighted by atomic mass is 9.97. The lowest BCUT2D eigenvalue weighted by molar-refractivity contribution is 0.198. The minimum Gasteiger partial charge on any atom is -0.314 e. The average Bonchev–Trinajstić information content (AvgIpc) is 2.98. The zero-order valence-electron chi connectivity index (χ0n) is 11.6.